The molecule has 0 bridgehead atoms. The van der Waals surface area contributed by atoms with Crippen LogP contribution in [0.4, 0.5) is 0 Å². The zero-order valence-electron chi connectivity index (χ0n) is 11.3. The van der Waals surface area contributed by atoms with E-state index in [-0.39, 0.29) is 0 Å². The Morgan fingerprint density at radius 1 is 1.35 bits per heavy atom. The van der Waals surface area contributed by atoms with Gasteiger partial charge in [0, 0.05) is 6.54 Å². The van der Waals surface area contributed by atoms with Gasteiger partial charge < -0.3 is 5.32 Å². The van der Waals surface area contributed by atoms with Gasteiger partial charge in [0.2, 0.25) is 0 Å². The average molecular weight is 258 g/mol. The predicted molar refractivity (Wildman–Crippen MR) is 73.4 cm³/mol. The summed E-state index contributed by atoms with van der Waals surface area (Å²) in [4.78, 5) is 0. The molecule has 0 aliphatic rings. The number of aryl methyl sites for hydroxylation is 1. The van der Waals surface area contributed by atoms with Crippen molar-refractivity contribution in [3.05, 3.63) is 16.9 Å². The van der Waals surface area contributed by atoms with Gasteiger partial charge in [-0.2, -0.15) is 5.10 Å². The van der Waals surface area contributed by atoms with Crippen molar-refractivity contribution in [3.8, 4) is 0 Å². The standard InChI is InChI=1S/C13H24ClN3/c1-5-8-17-13(11(14)9-16-17)12(15-4)10(6-2)7-3/h9-10,12,15H,5-8H2,1-4H3. The first-order valence-corrected chi connectivity index (χ1v) is 6.95. The number of nitrogens with one attached hydrogen (secondary N) is 1. The van der Waals surface area contributed by atoms with Crippen LogP contribution in [0.15, 0.2) is 6.20 Å². The van der Waals surface area contributed by atoms with Crippen LogP contribution in [-0.4, -0.2) is 16.8 Å². The summed E-state index contributed by atoms with van der Waals surface area (Å²) in [6, 6.07) is 0.298. The second-order valence-corrected chi connectivity index (χ2v) is 4.85. The lowest BCUT2D eigenvalue weighted by Crippen LogP contribution is -2.27. The van der Waals surface area contributed by atoms with E-state index in [9.17, 15) is 0 Å². The monoisotopic (exact) mass is 257 g/mol. The fourth-order valence-corrected chi connectivity index (χ4v) is 2.69. The normalized spacial score (nSPS) is 13.3. The van der Waals surface area contributed by atoms with Gasteiger partial charge in [-0.15, -0.1) is 0 Å². The lowest BCUT2D eigenvalue weighted by Gasteiger charge is -2.26. The zero-order chi connectivity index (χ0) is 12.8. The molecule has 0 spiro atoms. The van der Waals surface area contributed by atoms with Crippen molar-refractivity contribution in [1.82, 2.24) is 15.1 Å². The minimum Gasteiger partial charge on any atom is -0.311 e. The van der Waals surface area contributed by atoms with Gasteiger partial charge in [-0.1, -0.05) is 45.2 Å². The van der Waals surface area contributed by atoms with Crippen LogP contribution in [0.5, 0.6) is 0 Å². The number of aromatic nitrogens is 2. The van der Waals surface area contributed by atoms with Crippen molar-refractivity contribution >= 4 is 11.6 Å². The van der Waals surface area contributed by atoms with Crippen molar-refractivity contribution in [2.75, 3.05) is 7.05 Å². The number of halogens is 1. The summed E-state index contributed by atoms with van der Waals surface area (Å²) < 4.78 is 2.04. The van der Waals surface area contributed by atoms with Crippen LogP contribution in [0.3, 0.4) is 0 Å². The van der Waals surface area contributed by atoms with Crippen molar-refractivity contribution < 1.29 is 0 Å². The Morgan fingerprint density at radius 2 is 2.00 bits per heavy atom. The van der Waals surface area contributed by atoms with E-state index in [1.54, 1.807) is 6.20 Å². The van der Waals surface area contributed by atoms with E-state index in [1.807, 2.05) is 11.7 Å². The van der Waals surface area contributed by atoms with E-state index in [1.165, 1.54) is 0 Å². The molecule has 1 aromatic rings. The Hall–Kier alpha value is -0.540. The van der Waals surface area contributed by atoms with E-state index >= 15 is 0 Å². The van der Waals surface area contributed by atoms with Crippen LogP contribution in [-0.2, 0) is 6.54 Å². The van der Waals surface area contributed by atoms with Gasteiger partial charge in [-0.25, -0.2) is 0 Å². The molecule has 0 amide bonds. The molecule has 1 unspecified atom stereocenters. The molecular formula is C13H24ClN3. The maximum absolute atomic E-state index is 6.29. The van der Waals surface area contributed by atoms with Gasteiger partial charge in [0.1, 0.15) is 0 Å². The van der Waals surface area contributed by atoms with Crippen molar-refractivity contribution in [2.24, 2.45) is 5.92 Å². The van der Waals surface area contributed by atoms with E-state index in [4.69, 9.17) is 11.6 Å². The first-order valence-electron chi connectivity index (χ1n) is 6.57. The van der Waals surface area contributed by atoms with Crippen LogP contribution in [0, 0.1) is 5.92 Å². The number of nitrogens with zero attached hydrogens (tertiary/aromatic N) is 2. The molecule has 0 saturated carbocycles. The average Bonchev–Trinajstić information content (AvgIpc) is 2.68. The van der Waals surface area contributed by atoms with Crippen LogP contribution >= 0.6 is 11.6 Å². The molecule has 1 heterocycles. The lowest BCUT2D eigenvalue weighted by atomic mass is 9.92. The van der Waals surface area contributed by atoms with Gasteiger partial charge in [0.25, 0.3) is 0 Å². The van der Waals surface area contributed by atoms with Gasteiger partial charge in [-0.05, 0) is 19.4 Å². The predicted octanol–water partition coefficient (Wildman–Crippen LogP) is 3.64. The first kappa shape index (κ1) is 14.5. The van der Waals surface area contributed by atoms with Crippen molar-refractivity contribution in [2.45, 2.75) is 52.6 Å². The van der Waals surface area contributed by atoms with Gasteiger partial charge in [-0.3, -0.25) is 4.68 Å². The summed E-state index contributed by atoms with van der Waals surface area (Å²) in [5.41, 5.74) is 1.14. The molecule has 0 radical (unpaired) electrons. The fraction of sp³-hybridized carbons (Fsp3) is 0.769. The molecule has 1 aromatic heterocycles. The molecule has 4 heteroatoms. The summed E-state index contributed by atoms with van der Waals surface area (Å²) in [6.45, 7) is 7.55. The third-order valence-electron chi connectivity index (χ3n) is 3.39. The van der Waals surface area contributed by atoms with Crippen LogP contribution in [0.2, 0.25) is 5.02 Å². The highest BCUT2D eigenvalue weighted by molar-refractivity contribution is 6.31. The highest BCUT2D eigenvalue weighted by Crippen LogP contribution is 2.31. The third-order valence-corrected chi connectivity index (χ3v) is 3.69. The van der Waals surface area contributed by atoms with Gasteiger partial charge in [0.05, 0.1) is 23.0 Å². The summed E-state index contributed by atoms with van der Waals surface area (Å²) in [6.07, 6.45) is 5.13. The van der Waals surface area contributed by atoms with Gasteiger partial charge in [0.15, 0.2) is 0 Å². The first-order chi connectivity index (χ1) is 8.19. The van der Waals surface area contributed by atoms with E-state index in [0.717, 1.165) is 36.5 Å². The molecule has 1 rings (SSSR count). The fourth-order valence-electron chi connectivity index (χ4n) is 2.43. The van der Waals surface area contributed by atoms with E-state index in [2.05, 4.69) is 31.2 Å². The molecule has 17 heavy (non-hydrogen) atoms. The highest BCUT2D eigenvalue weighted by atomic mass is 35.5. The minimum atomic E-state index is 0.298. The van der Waals surface area contributed by atoms with Crippen LogP contribution < -0.4 is 5.32 Å². The maximum atomic E-state index is 6.29. The Morgan fingerprint density at radius 3 is 2.47 bits per heavy atom. The number of rotatable bonds is 7. The highest BCUT2D eigenvalue weighted by Gasteiger charge is 2.24. The molecule has 3 nitrogen and oxygen atoms in total. The SMILES string of the molecule is CCCn1ncc(Cl)c1C(NC)C(CC)CC. The zero-order valence-corrected chi connectivity index (χ0v) is 12.1. The second-order valence-electron chi connectivity index (χ2n) is 4.44. The summed E-state index contributed by atoms with van der Waals surface area (Å²) in [5, 5.41) is 8.55. The van der Waals surface area contributed by atoms with E-state index < -0.39 is 0 Å². The summed E-state index contributed by atoms with van der Waals surface area (Å²) in [7, 11) is 2.00. The molecule has 0 aromatic carbocycles. The molecule has 0 fully saturated rings. The summed E-state index contributed by atoms with van der Waals surface area (Å²) in [5.74, 6) is 0.602. The lowest BCUT2D eigenvalue weighted by molar-refractivity contribution is 0.338. The van der Waals surface area contributed by atoms with Crippen LogP contribution in [0.1, 0.15) is 51.8 Å². The number of hydrogen-bond acceptors (Lipinski definition) is 2. The molecule has 0 saturated heterocycles. The second kappa shape index (κ2) is 7.02. The Kier molecular flexibility index (Phi) is 6.00. The third kappa shape index (κ3) is 3.23. The minimum absolute atomic E-state index is 0.298. The molecule has 0 aliphatic heterocycles. The molecule has 98 valence electrons. The molecule has 0 aliphatic carbocycles. The Labute approximate surface area is 110 Å². The van der Waals surface area contributed by atoms with Crippen LogP contribution in [0.25, 0.3) is 0 Å². The van der Waals surface area contributed by atoms with Crippen molar-refractivity contribution in [1.29, 1.82) is 0 Å². The Bertz CT molecular complexity index is 331. The molecular weight excluding hydrogens is 234 g/mol. The smallest absolute Gasteiger partial charge is 0.0834 e. The number of hydrogen-bond donors (Lipinski definition) is 1. The summed E-state index contributed by atoms with van der Waals surface area (Å²) >= 11 is 6.29. The van der Waals surface area contributed by atoms with Crippen molar-refractivity contribution in [3.63, 3.8) is 0 Å². The van der Waals surface area contributed by atoms with Gasteiger partial charge >= 0.3 is 0 Å². The van der Waals surface area contributed by atoms with E-state index in [0.29, 0.717) is 12.0 Å². The quantitative estimate of drug-likeness (QED) is 0.808. The molecule has 1 N–H and O–H groups in total. The molecule has 1 atom stereocenters. The maximum Gasteiger partial charge on any atom is 0.0834 e. The topological polar surface area (TPSA) is 29.9 Å². The Balaban J connectivity index is 3.04. The largest absolute Gasteiger partial charge is 0.311 e.